The first-order valence-corrected chi connectivity index (χ1v) is 10.1. The van der Waals surface area contributed by atoms with E-state index in [9.17, 15) is 13.2 Å². The highest BCUT2D eigenvalue weighted by Gasteiger charge is 2.28. The molecule has 7 heteroatoms. The topological polar surface area (TPSA) is 78.9 Å². The average Bonchev–Trinajstić information content (AvgIpc) is 3.04. The van der Waals surface area contributed by atoms with Crippen molar-refractivity contribution in [3.63, 3.8) is 0 Å². The number of ether oxygens (including phenoxy) is 2. The summed E-state index contributed by atoms with van der Waals surface area (Å²) in [5, 5.41) is 0. The van der Waals surface area contributed by atoms with Crippen molar-refractivity contribution in [3.05, 3.63) is 89.7 Å². The number of methoxy groups -OCH3 is 1. The fraction of sp³-hybridized carbons (Fsp3) is 0.0455. The van der Waals surface area contributed by atoms with Gasteiger partial charge in [-0.2, -0.15) is 8.42 Å². The second-order valence-electron chi connectivity index (χ2n) is 6.19. The SMILES string of the molecule is COc1ccc2c(c1)O/C(=C\c1ccccc1OS(=O)(=O)c1ccccc1)C2=O. The molecule has 0 aliphatic carbocycles. The number of allylic oxidation sites excluding steroid dienone is 1. The van der Waals surface area contributed by atoms with Gasteiger partial charge in [-0.25, -0.2) is 0 Å². The van der Waals surface area contributed by atoms with Crippen LogP contribution in [0.4, 0.5) is 0 Å². The molecule has 29 heavy (non-hydrogen) atoms. The summed E-state index contributed by atoms with van der Waals surface area (Å²) in [6, 6.07) is 19.3. The third-order valence-electron chi connectivity index (χ3n) is 4.31. The number of ketones is 1. The second kappa shape index (κ2) is 7.44. The van der Waals surface area contributed by atoms with E-state index in [0.29, 0.717) is 22.6 Å². The van der Waals surface area contributed by atoms with Crippen molar-refractivity contribution in [3.8, 4) is 17.2 Å². The quantitative estimate of drug-likeness (QED) is 0.468. The first kappa shape index (κ1) is 18.8. The Labute approximate surface area is 168 Å². The molecule has 0 amide bonds. The van der Waals surface area contributed by atoms with Crippen LogP contribution in [0.5, 0.6) is 17.2 Å². The molecule has 0 aromatic heterocycles. The Kier molecular flexibility index (Phi) is 4.82. The molecule has 1 heterocycles. The van der Waals surface area contributed by atoms with Gasteiger partial charge in [0, 0.05) is 11.6 Å². The van der Waals surface area contributed by atoms with Crippen LogP contribution in [0.1, 0.15) is 15.9 Å². The van der Waals surface area contributed by atoms with Gasteiger partial charge in [0.2, 0.25) is 5.78 Å². The molecule has 0 saturated carbocycles. The smallest absolute Gasteiger partial charge is 0.339 e. The third kappa shape index (κ3) is 3.72. The van der Waals surface area contributed by atoms with Crippen molar-refractivity contribution in [2.75, 3.05) is 7.11 Å². The fourth-order valence-corrected chi connectivity index (χ4v) is 3.84. The number of hydrogen-bond donors (Lipinski definition) is 0. The average molecular weight is 408 g/mol. The maximum absolute atomic E-state index is 12.6. The van der Waals surface area contributed by atoms with Gasteiger partial charge in [0.05, 0.1) is 12.7 Å². The van der Waals surface area contributed by atoms with Gasteiger partial charge in [-0.1, -0.05) is 36.4 Å². The predicted molar refractivity (Wildman–Crippen MR) is 107 cm³/mol. The van der Waals surface area contributed by atoms with E-state index >= 15 is 0 Å². The normalized spacial score (nSPS) is 14.4. The van der Waals surface area contributed by atoms with Gasteiger partial charge in [0.15, 0.2) is 5.76 Å². The standard InChI is InChI=1S/C22H16O6S/c1-26-16-11-12-18-20(14-16)27-21(22(18)23)13-15-7-5-6-10-19(15)28-29(24,25)17-8-3-2-4-9-17/h2-14H,1H3/b21-13-. The van der Waals surface area contributed by atoms with E-state index in [-0.39, 0.29) is 22.2 Å². The highest BCUT2D eigenvalue weighted by Crippen LogP contribution is 2.35. The van der Waals surface area contributed by atoms with Crippen molar-refractivity contribution in [1.29, 1.82) is 0 Å². The summed E-state index contributed by atoms with van der Waals surface area (Å²) in [4.78, 5) is 12.7. The summed E-state index contributed by atoms with van der Waals surface area (Å²) in [5.41, 5.74) is 0.808. The molecule has 0 unspecified atom stereocenters. The maximum atomic E-state index is 12.6. The van der Waals surface area contributed by atoms with Crippen LogP contribution in [0.15, 0.2) is 83.5 Å². The lowest BCUT2D eigenvalue weighted by Crippen LogP contribution is -2.10. The summed E-state index contributed by atoms with van der Waals surface area (Å²) in [7, 11) is -2.49. The number of para-hydroxylation sites is 1. The zero-order chi connectivity index (χ0) is 20.4. The zero-order valence-corrected chi connectivity index (χ0v) is 16.2. The molecule has 6 nitrogen and oxygen atoms in total. The van der Waals surface area contributed by atoms with E-state index in [1.807, 2.05) is 0 Å². The van der Waals surface area contributed by atoms with Crippen LogP contribution in [-0.4, -0.2) is 21.3 Å². The first-order chi connectivity index (χ1) is 14.0. The van der Waals surface area contributed by atoms with Gasteiger partial charge < -0.3 is 13.7 Å². The van der Waals surface area contributed by atoms with Crippen molar-refractivity contribution >= 4 is 22.0 Å². The van der Waals surface area contributed by atoms with Crippen LogP contribution < -0.4 is 13.7 Å². The molecule has 3 aromatic carbocycles. The number of Topliss-reactive ketones (excluding diaryl/α,β-unsaturated/α-hetero) is 1. The summed E-state index contributed by atoms with van der Waals surface area (Å²) in [5.74, 6) is 0.810. The number of benzene rings is 3. The third-order valence-corrected chi connectivity index (χ3v) is 5.56. The van der Waals surface area contributed by atoms with Gasteiger partial charge in [0.1, 0.15) is 22.1 Å². The Morgan fingerprint density at radius 2 is 1.66 bits per heavy atom. The number of carbonyl (C=O) groups is 1. The summed E-state index contributed by atoms with van der Waals surface area (Å²) in [6.45, 7) is 0. The summed E-state index contributed by atoms with van der Waals surface area (Å²) >= 11 is 0. The Morgan fingerprint density at radius 3 is 2.41 bits per heavy atom. The van der Waals surface area contributed by atoms with Crippen molar-refractivity contribution < 1.29 is 26.9 Å². The lowest BCUT2D eigenvalue weighted by Gasteiger charge is -2.10. The molecule has 0 saturated heterocycles. The lowest BCUT2D eigenvalue weighted by molar-refractivity contribution is 0.101. The Balaban J connectivity index is 1.67. The fourth-order valence-electron chi connectivity index (χ4n) is 2.86. The van der Waals surface area contributed by atoms with Crippen molar-refractivity contribution in [2.45, 2.75) is 4.90 Å². The van der Waals surface area contributed by atoms with E-state index in [2.05, 4.69) is 0 Å². The molecule has 0 fully saturated rings. The van der Waals surface area contributed by atoms with E-state index in [1.54, 1.807) is 54.6 Å². The Morgan fingerprint density at radius 1 is 0.931 bits per heavy atom. The molecule has 1 aliphatic rings. The van der Waals surface area contributed by atoms with E-state index in [4.69, 9.17) is 13.7 Å². The summed E-state index contributed by atoms with van der Waals surface area (Å²) < 4.78 is 41.2. The minimum absolute atomic E-state index is 0.0372. The maximum Gasteiger partial charge on any atom is 0.339 e. The number of fused-ring (bicyclic) bond motifs is 1. The molecule has 4 rings (SSSR count). The van der Waals surface area contributed by atoms with Gasteiger partial charge in [0.25, 0.3) is 0 Å². The molecule has 0 N–H and O–H groups in total. The highest BCUT2D eigenvalue weighted by molar-refractivity contribution is 7.87. The molecular formula is C22H16O6S. The van der Waals surface area contributed by atoms with Crippen molar-refractivity contribution in [1.82, 2.24) is 0 Å². The van der Waals surface area contributed by atoms with Crippen LogP contribution in [0.25, 0.3) is 6.08 Å². The van der Waals surface area contributed by atoms with Crippen LogP contribution in [-0.2, 0) is 10.1 Å². The molecule has 3 aromatic rings. The minimum atomic E-state index is -4.02. The molecule has 0 radical (unpaired) electrons. The molecule has 1 aliphatic heterocycles. The minimum Gasteiger partial charge on any atom is -0.497 e. The van der Waals surface area contributed by atoms with E-state index in [0.717, 1.165) is 0 Å². The largest absolute Gasteiger partial charge is 0.497 e. The summed E-state index contributed by atoms with van der Waals surface area (Å²) in [6.07, 6.45) is 1.46. The molecule has 0 spiro atoms. The Bertz CT molecular complexity index is 1210. The molecule has 0 bridgehead atoms. The zero-order valence-electron chi connectivity index (χ0n) is 15.4. The van der Waals surface area contributed by atoms with E-state index < -0.39 is 10.1 Å². The molecule has 0 atom stereocenters. The monoisotopic (exact) mass is 408 g/mol. The van der Waals surface area contributed by atoms with Gasteiger partial charge >= 0.3 is 10.1 Å². The first-order valence-electron chi connectivity index (χ1n) is 8.69. The van der Waals surface area contributed by atoms with Crippen LogP contribution in [0.2, 0.25) is 0 Å². The number of rotatable bonds is 5. The number of carbonyl (C=O) groups excluding carboxylic acids is 1. The van der Waals surface area contributed by atoms with Crippen LogP contribution >= 0.6 is 0 Å². The highest BCUT2D eigenvalue weighted by atomic mass is 32.2. The Hall–Kier alpha value is -3.58. The number of hydrogen-bond acceptors (Lipinski definition) is 6. The molecule has 146 valence electrons. The lowest BCUT2D eigenvalue weighted by atomic mass is 10.1. The van der Waals surface area contributed by atoms with Crippen LogP contribution in [0.3, 0.4) is 0 Å². The van der Waals surface area contributed by atoms with Gasteiger partial charge in [-0.15, -0.1) is 0 Å². The van der Waals surface area contributed by atoms with Crippen LogP contribution in [0, 0.1) is 0 Å². The second-order valence-corrected chi connectivity index (χ2v) is 7.74. The molecular weight excluding hydrogens is 392 g/mol. The van der Waals surface area contributed by atoms with Gasteiger partial charge in [-0.3, -0.25) is 4.79 Å². The van der Waals surface area contributed by atoms with Gasteiger partial charge in [-0.05, 0) is 36.4 Å². The predicted octanol–water partition coefficient (Wildman–Crippen LogP) is 4.08. The van der Waals surface area contributed by atoms with Crippen molar-refractivity contribution in [2.24, 2.45) is 0 Å². The van der Waals surface area contributed by atoms with E-state index in [1.165, 1.54) is 31.4 Å².